The maximum atomic E-state index is 12.0. The molecule has 150 valence electrons. The molecule has 3 heterocycles. The van der Waals surface area contributed by atoms with Crippen LogP contribution in [-0.2, 0) is 11.3 Å². The molecule has 1 atom stereocenters. The average Bonchev–Trinajstić information content (AvgIpc) is 3.16. The Labute approximate surface area is 164 Å². The molecule has 0 bridgehead atoms. The molecule has 0 amide bonds. The molecular formula is C20H26N4O4. The minimum absolute atomic E-state index is 0.328. The maximum absolute atomic E-state index is 12.0. The van der Waals surface area contributed by atoms with Gasteiger partial charge in [-0.3, -0.25) is 10.00 Å². The van der Waals surface area contributed by atoms with Gasteiger partial charge < -0.3 is 19.5 Å². The Kier molecular flexibility index (Phi) is 5.66. The van der Waals surface area contributed by atoms with Gasteiger partial charge in [-0.15, -0.1) is 0 Å². The van der Waals surface area contributed by atoms with Crippen LogP contribution in [0.3, 0.4) is 0 Å². The van der Waals surface area contributed by atoms with Crippen LogP contribution in [0.1, 0.15) is 35.8 Å². The van der Waals surface area contributed by atoms with Crippen LogP contribution in [0.25, 0.3) is 0 Å². The van der Waals surface area contributed by atoms with Crippen molar-refractivity contribution in [3.05, 3.63) is 35.7 Å². The Hall–Kier alpha value is -2.74. The molecule has 1 unspecified atom stereocenters. The van der Waals surface area contributed by atoms with Gasteiger partial charge in [0.25, 0.3) is 0 Å². The maximum Gasteiger partial charge on any atom is 0.356 e. The number of carbonyl (C=O) groups excluding carboxylic acids is 1. The molecule has 2 aliphatic rings. The number of anilines is 1. The molecule has 0 aliphatic carbocycles. The first-order chi connectivity index (χ1) is 13.7. The molecular weight excluding hydrogens is 360 g/mol. The number of ether oxygens (including phenoxy) is 3. The van der Waals surface area contributed by atoms with Crippen molar-refractivity contribution in [1.29, 1.82) is 0 Å². The number of H-pyrrole nitrogens is 1. The van der Waals surface area contributed by atoms with Gasteiger partial charge in [-0.2, -0.15) is 5.10 Å². The predicted octanol–water partition coefficient (Wildman–Crippen LogP) is 2.43. The number of nitrogens with one attached hydrogen (secondary N) is 2. The first-order valence-electron chi connectivity index (χ1n) is 9.81. The van der Waals surface area contributed by atoms with Crippen LogP contribution in [0.15, 0.2) is 24.4 Å². The molecule has 0 saturated carbocycles. The Bertz CT molecular complexity index is 822. The lowest BCUT2D eigenvalue weighted by molar-refractivity contribution is 0.0516. The molecule has 1 saturated heterocycles. The second-order valence-electron chi connectivity index (χ2n) is 7.07. The van der Waals surface area contributed by atoms with Gasteiger partial charge in [0.05, 0.1) is 12.8 Å². The monoisotopic (exact) mass is 386 g/mol. The van der Waals surface area contributed by atoms with Gasteiger partial charge in [0.15, 0.2) is 11.5 Å². The van der Waals surface area contributed by atoms with E-state index in [0.717, 1.165) is 48.7 Å². The highest BCUT2D eigenvalue weighted by molar-refractivity contribution is 5.88. The fraction of sp³-hybridized carbons (Fsp3) is 0.500. The summed E-state index contributed by atoms with van der Waals surface area (Å²) >= 11 is 0. The SMILES string of the molecule is CCOC(=O)c1[nH]ncc1CN1CCCC(Nc2ccc3c(c2)OCCO3)C1. The fourth-order valence-electron chi connectivity index (χ4n) is 3.74. The summed E-state index contributed by atoms with van der Waals surface area (Å²) in [5.74, 6) is 1.24. The largest absolute Gasteiger partial charge is 0.486 e. The second-order valence-corrected chi connectivity index (χ2v) is 7.07. The number of likely N-dealkylation sites (tertiary alicyclic amines) is 1. The number of piperidine rings is 1. The van der Waals surface area contributed by atoms with Crippen molar-refractivity contribution in [2.75, 3.05) is 38.2 Å². The Balaban J connectivity index is 1.37. The highest BCUT2D eigenvalue weighted by atomic mass is 16.6. The third-order valence-electron chi connectivity index (χ3n) is 5.01. The van der Waals surface area contributed by atoms with Crippen molar-refractivity contribution >= 4 is 11.7 Å². The van der Waals surface area contributed by atoms with E-state index in [9.17, 15) is 4.79 Å². The third-order valence-corrected chi connectivity index (χ3v) is 5.01. The molecule has 1 aromatic carbocycles. The molecule has 8 nitrogen and oxygen atoms in total. The molecule has 0 radical (unpaired) electrons. The summed E-state index contributed by atoms with van der Waals surface area (Å²) in [6.07, 6.45) is 3.90. The van der Waals surface area contributed by atoms with E-state index in [1.807, 2.05) is 18.2 Å². The summed E-state index contributed by atoms with van der Waals surface area (Å²) in [5.41, 5.74) is 2.36. The summed E-state index contributed by atoms with van der Waals surface area (Å²) < 4.78 is 16.4. The number of aromatic amines is 1. The fourth-order valence-corrected chi connectivity index (χ4v) is 3.74. The highest BCUT2D eigenvalue weighted by Crippen LogP contribution is 2.33. The van der Waals surface area contributed by atoms with Crippen molar-refractivity contribution in [2.45, 2.75) is 32.4 Å². The van der Waals surface area contributed by atoms with Crippen LogP contribution in [-0.4, -0.2) is 60.0 Å². The molecule has 2 N–H and O–H groups in total. The molecule has 1 fully saturated rings. The number of nitrogens with zero attached hydrogens (tertiary/aromatic N) is 2. The molecule has 4 rings (SSSR count). The van der Waals surface area contributed by atoms with E-state index in [2.05, 4.69) is 20.4 Å². The molecule has 2 aromatic rings. The number of benzene rings is 1. The smallest absolute Gasteiger partial charge is 0.356 e. The van der Waals surface area contributed by atoms with E-state index >= 15 is 0 Å². The Morgan fingerprint density at radius 3 is 3.07 bits per heavy atom. The van der Waals surface area contributed by atoms with Crippen LogP contribution >= 0.6 is 0 Å². The van der Waals surface area contributed by atoms with Gasteiger partial charge in [0.1, 0.15) is 18.9 Å². The normalized spacial score (nSPS) is 19.2. The van der Waals surface area contributed by atoms with E-state index < -0.39 is 0 Å². The van der Waals surface area contributed by atoms with Crippen LogP contribution in [0.4, 0.5) is 5.69 Å². The quantitative estimate of drug-likeness (QED) is 0.737. The lowest BCUT2D eigenvalue weighted by atomic mass is 10.0. The average molecular weight is 386 g/mol. The van der Waals surface area contributed by atoms with Crippen LogP contribution in [0.5, 0.6) is 11.5 Å². The predicted molar refractivity (Wildman–Crippen MR) is 104 cm³/mol. The summed E-state index contributed by atoms with van der Waals surface area (Å²) in [6.45, 7) is 5.88. The van der Waals surface area contributed by atoms with Gasteiger partial charge in [-0.25, -0.2) is 4.79 Å². The summed E-state index contributed by atoms with van der Waals surface area (Å²) in [4.78, 5) is 14.4. The van der Waals surface area contributed by atoms with Crippen molar-refractivity contribution in [1.82, 2.24) is 15.1 Å². The zero-order valence-electron chi connectivity index (χ0n) is 16.1. The van der Waals surface area contributed by atoms with E-state index in [4.69, 9.17) is 14.2 Å². The van der Waals surface area contributed by atoms with Crippen molar-refractivity contribution in [3.8, 4) is 11.5 Å². The zero-order valence-corrected chi connectivity index (χ0v) is 16.1. The molecule has 28 heavy (non-hydrogen) atoms. The van der Waals surface area contributed by atoms with Gasteiger partial charge in [-0.05, 0) is 38.4 Å². The summed E-state index contributed by atoms with van der Waals surface area (Å²) in [5, 5.41) is 10.4. The molecule has 0 spiro atoms. The number of rotatable bonds is 6. The van der Waals surface area contributed by atoms with Crippen molar-refractivity contribution in [3.63, 3.8) is 0 Å². The van der Waals surface area contributed by atoms with Crippen LogP contribution in [0, 0.1) is 0 Å². The summed E-state index contributed by atoms with van der Waals surface area (Å²) in [7, 11) is 0. The van der Waals surface area contributed by atoms with Gasteiger partial charge in [-0.1, -0.05) is 0 Å². The van der Waals surface area contributed by atoms with E-state index in [-0.39, 0.29) is 5.97 Å². The second kappa shape index (κ2) is 8.52. The van der Waals surface area contributed by atoms with Crippen LogP contribution in [0.2, 0.25) is 0 Å². The lowest BCUT2D eigenvalue weighted by Crippen LogP contribution is -2.41. The number of fused-ring (bicyclic) bond motifs is 1. The number of hydrogen-bond acceptors (Lipinski definition) is 7. The van der Waals surface area contributed by atoms with E-state index in [0.29, 0.717) is 38.1 Å². The molecule has 1 aromatic heterocycles. The summed E-state index contributed by atoms with van der Waals surface area (Å²) in [6, 6.07) is 6.31. The minimum atomic E-state index is -0.349. The lowest BCUT2D eigenvalue weighted by Gasteiger charge is -2.33. The van der Waals surface area contributed by atoms with E-state index in [1.165, 1.54) is 0 Å². The van der Waals surface area contributed by atoms with Gasteiger partial charge in [0.2, 0.25) is 0 Å². The first kappa shape index (κ1) is 18.6. The zero-order chi connectivity index (χ0) is 19.3. The Morgan fingerprint density at radius 1 is 1.36 bits per heavy atom. The molecule has 8 heteroatoms. The number of aromatic nitrogens is 2. The topological polar surface area (TPSA) is 88.7 Å². The van der Waals surface area contributed by atoms with Crippen molar-refractivity contribution < 1.29 is 19.0 Å². The third kappa shape index (κ3) is 4.22. The number of esters is 1. The Morgan fingerprint density at radius 2 is 2.21 bits per heavy atom. The number of hydrogen-bond donors (Lipinski definition) is 2. The van der Waals surface area contributed by atoms with Gasteiger partial charge >= 0.3 is 5.97 Å². The highest BCUT2D eigenvalue weighted by Gasteiger charge is 2.23. The van der Waals surface area contributed by atoms with Crippen LogP contribution < -0.4 is 14.8 Å². The van der Waals surface area contributed by atoms with Gasteiger partial charge in [0, 0.05) is 36.4 Å². The first-order valence-corrected chi connectivity index (χ1v) is 9.81. The standard InChI is InChI=1S/C20H26N4O4/c1-2-26-20(25)19-14(11-21-23-19)12-24-7-3-4-16(13-24)22-15-5-6-17-18(10-15)28-9-8-27-17/h5-6,10-11,16,22H,2-4,7-9,12-13H2,1H3,(H,21,23). The number of carbonyl (C=O) groups is 1. The minimum Gasteiger partial charge on any atom is -0.486 e. The van der Waals surface area contributed by atoms with Crippen molar-refractivity contribution in [2.24, 2.45) is 0 Å². The molecule has 2 aliphatic heterocycles. The van der Waals surface area contributed by atoms with E-state index in [1.54, 1.807) is 13.1 Å².